The van der Waals surface area contributed by atoms with Crippen molar-refractivity contribution in [1.29, 1.82) is 0 Å². The molecule has 0 bridgehead atoms. The fraction of sp³-hybridized carbons (Fsp3) is 0.174. The second kappa shape index (κ2) is 8.93. The van der Waals surface area contributed by atoms with Crippen LogP contribution in [0, 0.1) is 0 Å². The number of ether oxygens (including phenoxy) is 1. The Morgan fingerprint density at radius 2 is 1.73 bits per heavy atom. The maximum absolute atomic E-state index is 13.1. The zero-order chi connectivity index (χ0) is 22.8. The molecule has 3 aromatic heterocycles. The quantitative estimate of drug-likeness (QED) is 0.459. The Labute approximate surface area is 191 Å². The number of thiophene rings is 1. The number of carbonyl (C=O) groups is 3. The number of hydrogen-bond donors (Lipinski definition) is 2. The van der Waals surface area contributed by atoms with Gasteiger partial charge in [0, 0.05) is 18.5 Å². The van der Waals surface area contributed by atoms with Crippen LogP contribution in [0.3, 0.4) is 0 Å². The van der Waals surface area contributed by atoms with E-state index >= 15 is 0 Å². The van der Waals surface area contributed by atoms with Gasteiger partial charge in [-0.25, -0.2) is 0 Å². The van der Waals surface area contributed by atoms with Crippen LogP contribution < -0.4 is 10.6 Å². The Kier molecular flexibility index (Phi) is 5.68. The first-order chi connectivity index (χ1) is 16.1. The minimum absolute atomic E-state index is 0.0781. The van der Waals surface area contributed by atoms with Crippen LogP contribution in [0.25, 0.3) is 11.0 Å². The minimum atomic E-state index is -0.416. The molecule has 5 rings (SSSR count). The van der Waals surface area contributed by atoms with Gasteiger partial charge in [0.2, 0.25) is 5.76 Å². The van der Waals surface area contributed by atoms with E-state index in [1.807, 2.05) is 6.07 Å². The highest BCUT2D eigenvalue weighted by atomic mass is 32.1. The van der Waals surface area contributed by atoms with Crippen molar-refractivity contribution in [2.75, 3.05) is 36.9 Å². The predicted octanol–water partition coefficient (Wildman–Crippen LogP) is 4.06. The monoisotopic (exact) mass is 465 g/mol. The van der Waals surface area contributed by atoms with Crippen molar-refractivity contribution in [2.45, 2.75) is 0 Å². The van der Waals surface area contributed by atoms with E-state index in [0.717, 1.165) is 11.3 Å². The average Bonchev–Trinajstić information content (AvgIpc) is 3.60. The highest BCUT2D eigenvalue weighted by Gasteiger charge is 2.28. The standard InChI is InChI=1S/C23H19N3O6S/c27-21(16-6-3-11-31-16)24-18-8-7-17(33-18)22(28)25-19-14-4-1-2-5-15(14)32-20(19)23(29)26-9-12-30-13-10-26/h1-8,11H,9-10,12-13H2,(H,24,27)(H,25,28). The average molecular weight is 465 g/mol. The second-order valence-electron chi connectivity index (χ2n) is 7.26. The number of benzene rings is 1. The van der Waals surface area contributed by atoms with E-state index in [2.05, 4.69) is 10.6 Å². The molecule has 0 radical (unpaired) electrons. The van der Waals surface area contributed by atoms with Gasteiger partial charge >= 0.3 is 0 Å². The fourth-order valence-corrected chi connectivity index (χ4v) is 4.31. The third-order valence-corrected chi connectivity index (χ3v) is 6.14. The Morgan fingerprint density at radius 3 is 2.52 bits per heavy atom. The molecule has 0 spiro atoms. The molecule has 0 unspecified atom stereocenters. The summed E-state index contributed by atoms with van der Waals surface area (Å²) in [6, 6.07) is 13.5. The van der Waals surface area contributed by atoms with Gasteiger partial charge in [-0.1, -0.05) is 12.1 Å². The van der Waals surface area contributed by atoms with Crippen LogP contribution in [0.4, 0.5) is 10.7 Å². The van der Waals surface area contributed by atoms with Crippen molar-refractivity contribution in [2.24, 2.45) is 0 Å². The smallest absolute Gasteiger partial charge is 0.291 e. The number of para-hydroxylation sites is 1. The molecule has 168 valence electrons. The maximum atomic E-state index is 13.1. The predicted molar refractivity (Wildman–Crippen MR) is 122 cm³/mol. The van der Waals surface area contributed by atoms with Gasteiger partial charge in [0.25, 0.3) is 17.7 Å². The molecule has 9 nitrogen and oxygen atoms in total. The Bertz CT molecular complexity index is 1320. The van der Waals surface area contributed by atoms with Gasteiger partial charge in [-0.05, 0) is 36.4 Å². The Balaban J connectivity index is 1.38. The molecule has 0 aliphatic carbocycles. The van der Waals surface area contributed by atoms with E-state index in [9.17, 15) is 14.4 Å². The molecule has 1 aliphatic heterocycles. The lowest BCUT2D eigenvalue weighted by molar-refractivity contribution is 0.0285. The molecule has 0 saturated carbocycles. The number of nitrogens with zero attached hydrogens (tertiary/aromatic N) is 1. The third kappa shape index (κ3) is 4.26. The topological polar surface area (TPSA) is 114 Å². The summed E-state index contributed by atoms with van der Waals surface area (Å²) >= 11 is 1.11. The summed E-state index contributed by atoms with van der Waals surface area (Å²) in [6.45, 7) is 1.81. The summed E-state index contributed by atoms with van der Waals surface area (Å²) in [5.41, 5.74) is 0.823. The molecular weight excluding hydrogens is 446 g/mol. The van der Waals surface area contributed by atoms with Gasteiger partial charge in [0.1, 0.15) is 11.3 Å². The molecule has 1 saturated heterocycles. The summed E-state index contributed by atoms with van der Waals surface area (Å²) in [4.78, 5) is 40.3. The van der Waals surface area contributed by atoms with Gasteiger partial charge in [-0.3, -0.25) is 14.4 Å². The minimum Gasteiger partial charge on any atom is -0.459 e. The van der Waals surface area contributed by atoms with E-state index in [1.54, 1.807) is 47.4 Å². The van der Waals surface area contributed by atoms with Gasteiger partial charge in [0.15, 0.2) is 5.76 Å². The molecule has 10 heteroatoms. The van der Waals surface area contributed by atoms with Gasteiger partial charge in [-0.15, -0.1) is 11.3 Å². The highest BCUT2D eigenvalue weighted by molar-refractivity contribution is 7.18. The second-order valence-corrected chi connectivity index (χ2v) is 8.34. The Hall–Kier alpha value is -3.89. The van der Waals surface area contributed by atoms with Gasteiger partial charge < -0.3 is 29.1 Å². The first-order valence-electron chi connectivity index (χ1n) is 10.2. The summed E-state index contributed by atoms with van der Waals surface area (Å²) < 4.78 is 16.2. The largest absolute Gasteiger partial charge is 0.459 e. The number of anilines is 2. The van der Waals surface area contributed by atoms with Crippen LogP contribution in [-0.2, 0) is 4.74 Å². The lowest BCUT2D eigenvalue weighted by Gasteiger charge is -2.26. The SMILES string of the molecule is O=C(Nc1ccc(C(=O)Nc2c(C(=O)N3CCOCC3)oc3ccccc23)s1)c1ccco1. The van der Waals surface area contributed by atoms with E-state index in [0.29, 0.717) is 52.8 Å². The van der Waals surface area contributed by atoms with Crippen molar-refractivity contribution in [3.63, 3.8) is 0 Å². The summed E-state index contributed by atoms with van der Waals surface area (Å²) in [5.74, 6) is -0.878. The lowest BCUT2D eigenvalue weighted by atomic mass is 10.2. The van der Waals surface area contributed by atoms with Gasteiger partial charge in [-0.2, -0.15) is 0 Å². The third-order valence-electron chi connectivity index (χ3n) is 5.14. The molecule has 33 heavy (non-hydrogen) atoms. The number of hydrogen-bond acceptors (Lipinski definition) is 7. The number of morpholine rings is 1. The summed E-state index contributed by atoms with van der Waals surface area (Å²) in [7, 11) is 0. The van der Waals surface area contributed by atoms with Crippen LogP contribution in [-0.4, -0.2) is 48.9 Å². The number of rotatable bonds is 5. The number of furan rings is 2. The van der Waals surface area contributed by atoms with E-state index in [-0.39, 0.29) is 17.4 Å². The van der Waals surface area contributed by atoms with Crippen molar-refractivity contribution >= 4 is 50.7 Å². The molecule has 1 aromatic carbocycles. The molecular formula is C23H19N3O6S. The van der Waals surface area contributed by atoms with Crippen LogP contribution in [0.1, 0.15) is 30.8 Å². The summed E-state index contributed by atoms with van der Waals surface area (Å²) in [6.07, 6.45) is 1.41. The van der Waals surface area contributed by atoms with Crippen LogP contribution >= 0.6 is 11.3 Å². The van der Waals surface area contributed by atoms with Crippen LogP contribution in [0.15, 0.2) is 63.6 Å². The van der Waals surface area contributed by atoms with Gasteiger partial charge in [0.05, 0.1) is 29.4 Å². The first-order valence-corrected chi connectivity index (χ1v) is 11.1. The molecule has 4 heterocycles. The van der Waals surface area contributed by atoms with E-state index in [4.69, 9.17) is 13.6 Å². The number of amides is 3. The summed E-state index contributed by atoms with van der Waals surface area (Å²) in [5, 5.41) is 6.65. The molecule has 0 atom stereocenters. The maximum Gasteiger partial charge on any atom is 0.291 e. The molecule has 1 fully saturated rings. The van der Waals surface area contributed by atoms with Crippen molar-refractivity contribution in [3.05, 3.63) is 71.2 Å². The zero-order valence-corrected chi connectivity index (χ0v) is 18.1. The molecule has 2 N–H and O–H groups in total. The lowest BCUT2D eigenvalue weighted by Crippen LogP contribution is -2.40. The highest BCUT2D eigenvalue weighted by Crippen LogP contribution is 2.33. The van der Waals surface area contributed by atoms with Crippen molar-refractivity contribution < 1.29 is 28.0 Å². The number of nitrogens with one attached hydrogen (secondary N) is 2. The van der Waals surface area contributed by atoms with Crippen LogP contribution in [0.5, 0.6) is 0 Å². The van der Waals surface area contributed by atoms with E-state index in [1.165, 1.54) is 6.26 Å². The zero-order valence-electron chi connectivity index (χ0n) is 17.3. The molecule has 3 amide bonds. The first kappa shape index (κ1) is 21.0. The van der Waals surface area contributed by atoms with E-state index < -0.39 is 11.8 Å². The normalized spacial score (nSPS) is 13.8. The fourth-order valence-electron chi connectivity index (χ4n) is 3.51. The molecule has 4 aromatic rings. The van der Waals surface area contributed by atoms with Crippen LogP contribution in [0.2, 0.25) is 0 Å². The Morgan fingerprint density at radius 1 is 0.909 bits per heavy atom. The van der Waals surface area contributed by atoms with Crippen molar-refractivity contribution in [3.8, 4) is 0 Å². The number of fused-ring (bicyclic) bond motifs is 1. The van der Waals surface area contributed by atoms with Crippen molar-refractivity contribution in [1.82, 2.24) is 4.90 Å². The number of carbonyl (C=O) groups excluding carboxylic acids is 3. The molecule has 1 aliphatic rings.